The van der Waals surface area contributed by atoms with E-state index in [1.807, 2.05) is 18.2 Å². The molecule has 2 aromatic carbocycles. The fourth-order valence-corrected chi connectivity index (χ4v) is 2.98. The monoisotopic (exact) mass is 377 g/mol. The molecule has 0 fully saturated rings. The molecule has 0 aliphatic rings. The summed E-state index contributed by atoms with van der Waals surface area (Å²) in [7, 11) is 1.54. The van der Waals surface area contributed by atoms with E-state index in [9.17, 15) is 10.1 Å². The first-order valence-electron chi connectivity index (χ1n) is 7.67. The Balaban J connectivity index is 2.64. The second-order valence-electron chi connectivity index (χ2n) is 5.25. The van der Waals surface area contributed by atoms with Crippen LogP contribution < -0.4 is 4.74 Å². The number of nitrogens with zero attached hydrogens (tertiary/aromatic N) is 1. The Hall–Kier alpha value is -2.22. The molecule has 0 bridgehead atoms. The Kier molecular flexibility index (Phi) is 6.69. The molecule has 2 atom stereocenters. The molecule has 2 aromatic rings. The highest BCUT2D eigenvalue weighted by Crippen LogP contribution is 2.39. The summed E-state index contributed by atoms with van der Waals surface area (Å²) in [5, 5.41) is 10.4. The smallest absolute Gasteiger partial charge is 0.324 e. The summed E-state index contributed by atoms with van der Waals surface area (Å²) in [5.74, 6) is -1.67. The van der Waals surface area contributed by atoms with Gasteiger partial charge in [0.25, 0.3) is 0 Å². The maximum Gasteiger partial charge on any atom is 0.324 e. The maximum absolute atomic E-state index is 12.4. The molecule has 0 saturated carbocycles. The average Bonchev–Trinajstić information content (AvgIpc) is 2.62. The van der Waals surface area contributed by atoms with Crippen LogP contribution >= 0.6 is 23.2 Å². The molecule has 4 nitrogen and oxygen atoms in total. The minimum Gasteiger partial charge on any atom is -0.496 e. The van der Waals surface area contributed by atoms with Gasteiger partial charge in [-0.3, -0.25) is 4.79 Å². The lowest BCUT2D eigenvalue weighted by atomic mass is 9.81. The Morgan fingerprint density at radius 2 is 1.92 bits per heavy atom. The van der Waals surface area contributed by atoms with Gasteiger partial charge in [0.15, 0.2) is 5.92 Å². The molecule has 0 amide bonds. The van der Waals surface area contributed by atoms with Crippen molar-refractivity contribution in [2.24, 2.45) is 5.92 Å². The quantitative estimate of drug-likeness (QED) is 0.675. The zero-order chi connectivity index (χ0) is 18.4. The van der Waals surface area contributed by atoms with Crippen molar-refractivity contribution in [3.63, 3.8) is 0 Å². The van der Waals surface area contributed by atoms with Crippen LogP contribution in [0.4, 0.5) is 0 Å². The van der Waals surface area contributed by atoms with Crippen molar-refractivity contribution in [1.29, 1.82) is 5.26 Å². The van der Waals surface area contributed by atoms with E-state index in [1.165, 1.54) is 7.11 Å². The summed E-state index contributed by atoms with van der Waals surface area (Å²) < 4.78 is 10.5. The second kappa shape index (κ2) is 8.75. The maximum atomic E-state index is 12.4. The van der Waals surface area contributed by atoms with Gasteiger partial charge in [-0.1, -0.05) is 47.5 Å². The third kappa shape index (κ3) is 4.25. The number of para-hydroxylation sites is 1. The summed E-state index contributed by atoms with van der Waals surface area (Å²) in [6.07, 6.45) is 0. The zero-order valence-corrected chi connectivity index (χ0v) is 15.3. The summed E-state index contributed by atoms with van der Waals surface area (Å²) in [6.45, 7) is 1.89. The van der Waals surface area contributed by atoms with Gasteiger partial charge in [-0.2, -0.15) is 5.26 Å². The number of hydrogen-bond donors (Lipinski definition) is 0. The Morgan fingerprint density at radius 3 is 2.52 bits per heavy atom. The highest BCUT2D eigenvalue weighted by atomic mass is 35.5. The van der Waals surface area contributed by atoms with E-state index >= 15 is 0 Å². The predicted octanol–water partition coefficient (Wildman–Crippen LogP) is 4.84. The van der Waals surface area contributed by atoms with Gasteiger partial charge in [-0.05, 0) is 30.7 Å². The van der Waals surface area contributed by atoms with Gasteiger partial charge < -0.3 is 9.47 Å². The molecule has 0 spiro atoms. The molecule has 25 heavy (non-hydrogen) atoms. The lowest BCUT2D eigenvalue weighted by molar-refractivity contribution is -0.146. The van der Waals surface area contributed by atoms with Crippen molar-refractivity contribution >= 4 is 29.2 Å². The van der Waals surface area contributed by atoms with Crippen LogP contribution in [-0.2, 0) is 9.53 Å². The van der Waals surface area contributed by atoms with Gasteiger partial charge in [-0.25, -0.2) is 0 Å². The van der Waals surface area contributed by atoms with Crippen LogP contribution in [0.25, 0.3) is 0 Å². The Morgan fingerprint density at radius 1 is 1.20 bits per heavy atom. The molecule has 130 valence electrons. The van der Waals surface area contributed by atoms with Gasteiger partial charge in [0.1, 0.15) is 5.75 Å². The van der Waals surface area contributed by atoms with Gasteiger partial charge in [-0.15, -0.1) is 0 Å². The van der Waals surface area contributed by atoms with Crippen molar-refractivity contribution in [2.45, 2.75) is 12.8 Å². The van der Waals surface area contributed by atoms with E-state index in [0.717, 1.165) is 0 Å². The van der Waals surface area contributed by atoms with Crippen LogP contribution in [0.15, 0.2) is 42.5 Å². The van der Waals surface area contributed by atoms with E-state index < -0.39 is 17.8 Å². The van der Waals surface area contributed by atoms with Crippen LogP contribution in [0.3, 0.4) is 0 Å². The molecule has 0 aliphatic carbocycles. The van der Waals surface area contributed by atoms with Crippen molar-refractivity contribution in [2.75, 3.05) is 13.7 Å². The standard InChI is InChI=1S/C19H17Cl2NO3/c1-3-25-19(23)14(11-22)18(12-8-9-15(20)16(21)10-12)13-6-4-5-7-17(13)24-2/h4-10,14,18H,3H2,1-2H3/t14-,18+/m0/s1. The molecule has 0 aliphatic heterocycles. The fourth-order valence-electron chi connectivity index (χ4n) is 2.68. The van der Waals surface area contributed by atoms with Gasteiger partial charge in [0.05, 0.1) is 29.8 Å². The molecule has 6 heteroatoms. The number of methoxy groups -OCH3 is 1. The molecule has 2 rings (SSSR count). The first-order valence-corrected chi connectivity index (χ1v) is 8.43. The summed E-state index contributed by atoms with van der Waals surface area (Å²) in [4.78, 5) is 12.4. The number of benzene rings is 2. The first kappa shape index (κ1) is 19.1. The molecule has 0 unspecified atom stereocenters. The van der Waals surface area contributed by atoms with E-state index in [0.29, 0.717) is 26.9 Å². The van der Waals surface area contributed by atoms with Crippen molar-refractivity contribution in [3.05, 3.63) is 63.6 Å². The van der Waals surface area contributed by atoms with Crippen LogP contribution in [0.2, 0.25) is 10.0 Å². The number of carbonyl (C=O) groups is 1. The third-order valence-corrected chi connectivity index (χ3v) is 4.53. The predicted molar refractivity (Wildman–Crippen MR) is 97.0 cm³/mol. The number of carbonyl (C=O) groups excluding carboxylic acids is 1. The molecule has 0 saturated heterocycles. The summed E-state index contributed by atoms with van der Waals surface area (Å²) in [5.41, 5.74) is 1.38. The zero-order valence-electron chi connectivity index (χ0n) is 13.8. The average molecular weight is 378 g/mol. The van der Waals surface area contributed by atoms with E-state index in [4.69, 9.17) is 32.7 Å². The number of hydrogen-bond acceptors (Lipinski definition) is 4. The number of nitriles is 1. The minimum atomic E-state index is -1.05. The number of esters is 1. The van der Waals surface area contributed by atoms with Gasteiger partial charge in [0, 0.05) is 11.5 Å². The van der Waals surface area contributed by atoms with Crippen LogP contribution in [0.5, 0.6) is 5.75 Å². The highest BCUT2D eigenvalue weighted by molar-refractivity contribution is 6.42. The number of rotatable bonds is 6. The lowest BCUT2D eigenvalue weighted by Gasteiger charge is -2.24. The van der Waals surface area contributed by atoms with Gasteiger partial charge in [0.2, 0.25) is 0 Å². The molecule has 0 heterocycles. The summed E-state index contributed by atoms with van der Waals surface area (Å²) in [6, 6.07) is 14.3. The Labute approximate surface area is 156 Å². The minimum absolute atomic E-state index is 0.191. The van der Waals surface area contributed by atoms with Crippen molar-refractivity contribution < 1.29 is 14.3 Å². The van der Waals surface area contributed by atoms with Crippen molar-refractivity contribution in [3.8, 4) is 11.8 Å². The fraction of sp³-hybridized carbons (Fsp3) is 0.263. The largest absolute Gasteiger partial charge is 0.496 e. The van der Waals surface area contributed by atoms with E-state index in [-0.39, 0.29) is 6.61 Å². The normalized spacial score (nSPS) is 12.8. The van der Waals surface area contributed by atoms with Crippen molar-refractivity contribution in [1.82, 2.24) is 0 Å². The van der Waals surface area contributed by atoms with Crippen LogP contribution in [0.1, 0.15) is 24.0 Å². The second-order valence-corrected chi connectivity index (χ2v) is 6.07. The summed E-state index contributed by atoms with van der Waals surface area (Å²) >= 11 is 12.1. The SMILES string of the molecule is CCOC(=O)[C@@H](C#N)[C@H](c1ccc(Cl)c(Cl)c1)c1ccccc1OC. The number of ether oxygens (including phenoxy) is 2. The molecule has 0 radical (unpaired) electrons. The molecule has 0 aromatic heterocycles. The molecular formula is C19H17Cl2NO3. The highest BCUT2D eigenvalue weighted by Gasteiger charge is 2.34. The lowest BCUT2D eigenvalue weighted by Crippen LogP contribution is -2.24. The van der Waals surface area contributed by atoms with E-state index in [2.05, 4.69) is 6.07 Å². The van der Waals surface area contributed by atoms with Crippen LogP contribution in [0, 0.1) is 17.2 Å². The first-order chi connectivity index (χ1) is 12.0. The molecule has 0 N–H and O–H groups in total. The third-order valence-electron chi connectivity index (χ3n) is 3.79. The van der Waals surface area contributed by atoms with E-state index in [1.54, 1.807) is 31.2 Å². The van der Waals surface area contributed by atoms with Crippen LogP contribution in [-0.4, -0.2) is 19.7 Å². The Bertz CT molecular complexity index is 801. The topological polar surface area (TPSA) is 59.3 Å². The molecular weight excluding hydrogens is 361 g/mol. The van der Waals surface area contributed by atoms with Gasteiger partial charge >= 0.3 is 5.97 Å². The number of halogens is 2.